The first-order valence-corrected chi connectivity index (χ1v) is 13.8. The standard InChI is InChI=1S/C28H30N12O3/c41-27(31-7-1-11-39-13-9-29-17-39)37-25-33-21-5-3-19(15-23(21)35-25)43-20-4-6-22-24(16-20)36-26(34-22)38-28(42)32-8-2-12-40-14-10-30-18-40/h3-6,9-10,13-18H,1-2,7-8,11-12H2,(H3,31,33,35,37,41)(H3,32,34,36,38,42). The molecule has 0 saturated carbocycles. The minimum absolute atomic E-state index is 0.334. The summed E-state index contributed by atoms with van der Waals surface area (Å²) in [5.74, 6) is 1.83. The van der Waals surface area contributed by atoms with Crippen LogP contribution >= 0.6 is 0 Å². The number of aromatic nitrogens is 8. The van der Waals surface area contributed by atoms with Crippen molar-refractivity contribution in [2.24, 2.45) is 0 Å². The van der Waals surface area contributed by atoms with Gasteiger partial charge < -0.3 is 34.5 Å². The summed E-state index contributed by atoms with van der Waals surface area (Å²) in [6.07, 6.45) is 12.2. The molecule has 43 heavy (non-hydrogen) atoms. The first kappa shape index (κ1) is 27.3. The second-order valence-electron chi connectivity index (χ2n) is 9.70. The second kappa shape index (κ2) is 12.8. The van der Waals surface area contributed by atoms with Gasteiger partial charge in [-0.15, -0.1) is 0 Å². The quantitative estimate of drug-likeness (QED) is 0.118. The van der Waals surface area contributed by atoms with Crippen LogP contribution in [0.2, 0.25) is 0 Å². The topological polar surface area (TPSA) is 184 Å². The molecule has 2 aromatic carbocycles. The van der Waals surface area contributed by atoms with Crippen LogP contribution in [0.3, 0.4) is 0 Å². The van der Waals surface area contributed by atoms with Gasteiger partial charge in [0.25, 0.3) is 0 Å². The Balaban J connectivity index is 0.996. The normalized spacial score (nSPS) is 11.1. The third kappa shape index (κ3) is 7.27. The highest BCUT2D eigenvalue weighted by atomic mass is 16.5. The number of hydrogen-bond acceptors (Lipinski definition) is 7. The first-order chi connectivity index (χ1) is 21.1. The number of amides is 4. The van der Waals surface area contributed by atoms with Gasteiger partial charge in [0.05, 0.1) is 34.7 Å². The van der Waals surface area contributed by atoms with Crippen LogP contribution in [0.4, 0.5) is 21.5 Å². The fourth-order valence-electron chi connectivity index (χ4n) is 4.43. The molecule has 0 aliphatic rings. The Morgan fingerprint density at radius 1 is 0.721 bits per heavy atom. The zero-order valence-corrected chi connectivity index (χ0v) is 23.1. The molecule has 6 N–H and O–H groups in total. The summed E-state index contributed by atoms with van der Waals surface area (Å²) in [7, 11) is 0. The number of imidazole rings is 4. The summed E-state index contributed by atoms with van der Waals surface area (Å²) < 4.78 is 9.97. The molecule has 0 unspecified atom stereocenters. The summed E-state index contributed by atoms with van der Waals surface area (Å²) in [5.41, 5.74) is 2.78. The molecule has 0 spiro atoms. The van der Waals surface area contributed by atoms with Crippen molar-refractivity contribution in [1.29, 1.82) is 0 Å². The third-order valence-electron chi connectivity index (χ3n) is 6.48. The molecule has 15 nitrogen and oxygen atoms in total. The van der Waals surface area contributed by atoms with E-state index in [4.69, 9.17) is 4.74 Å². The number of ether oxygens (including phenoxy) is 1. The van der Waals surface area contributed by atoms with Crippen LogP contribution in [0.25, 0.3) is 22.1 Å². The van der Waals surface area contributed by atoms with E-state index in [0.29, 0.717) is 58.6 Å². The lowest BCUT2D eigenvalue weighted by Gasteiger charge is -2.06. The molecule has 0 saturated heterocycles. The van der Waals surface area contributed by atoms with Crippen LogP contribution in [-0.4, -0.2) is 64.2 Å². The molecule has 0 aliphatic heterocycles. The number of carbonyl (C=O) groups is 2. The van der Waals surface area contributed by atoms with E-state index in [1.54, 1.807) is 61.4 Å². The van der Waals surface area contributed by atoms with Gasteiger partial charge in [-0.1, -0.05) is 0 Å². The number of nitrogens with one attached hydrogen (secondary N) is 6. The summed E-state index contributed by atoms with van der Waals surface area (Å²) in [6, 6.07) is 10.1. The maximum atomic E-state index is 12.3. The molecule has 0 radical (unpaired) electrons. The van der Waals surface area contributed by atoms with E-state index >= 15 is 0 Å². The van der Waals surface area contributed by atoms with Crippen LogP contribution < -0.4 is 26.0 Å². The zero-order chi connectivity index (χ0) is 29.4. The molecule has 6 aromatic rings. The van der Waals surface area contributed by atoms with E-state index < -0.39 is 0 Å². The first-order valence-electron chi connectivity index (χ1n) is 13.8. The van der Waals surface area contributed by atoms with E-state index in [2.05, 4.69) is 51.2 Å². The minimum Gasteiger partial charge on any atom is -0.457 e. The molecule has 4 heterocycles. The Morgan fingerprint density at radius 2 is 1.21 bits per heavy atom. The Hall–Kier alpha value is -5.86. The number of hydrogen-bond donors (Lipinski definition) is 6. The molecular formula is C28H30N12O3. The lowest BCUT2D eigenvalue weighted by atomic mass is 10.3. The van der Waals surface area contributed by atoms with Crippen molar-refractivity contribution in [1.82, 2.24) is 49.7 Å². The highest BCUT2D eigenvalue weighted by Crippen LogP contribution is 2.28. The number of carbonyl (C=O) groups excluding carboxylic acids is 2. The van der Waals surface area contributed by atoms with Crippen molar-refractivity contribution in [3.05, 3.63) is 73.8 Å². The van der Waals surface area contributed by atoms with Gasteiger partial charge in [0.15, 0.2) is 0 Å². The fourth-order valence-corrected chi connectivity index (χ4v) is 4.43. The van der Waals surface area contributed by atoms with E-state index in [1.165, 1.54) is 0 Å². The molecule has 4 amide bonds. The van der Waals surface area contributed by atoms with Crippen molar-refractivity contribution in [2.45, 2.75) is 25.9 Å². The van der Waals surface area contributed by atoms with Crippen LogP contribution in [-0.2, 0) is 13.1 Å². The molecule has 15 heteroatoms. The van der Waals surface area contributed by atoms with Crippen LogP contribution in [0.1, 0.15) is 12.8 Å². The maximum Gasteiger partial charge on any atom is 0.321 e. The molecule has 0 aliphatic carbocycles. The number of fused-ring (bicyclic) bond motifs is 2. The molecule has 4 aromatic heterocycles. The number of benzene rings is 2. The zero-order valence-electron chi connectivity index (χ0n) is 23.1. The Kier molecular flexibility index (Phi) is 8.11. The number of aryl methyl sites for hydroxylation is 2. The van der Waals surface area contributed by atoms with E-state index in [1.807, 2.05) is 21.5 Å². The number of rotatable bonds is 12. The average molecular weight is 583 g/mol. The summed E-state index contributed by atoms with van der Waals surface area (Å²) in [6.45, 7) is 2.57. The van der Waals surface area contributed by atoms with Crippen LogP contribution in [0.15, 0.2) is 73.8 Å². The van der Waals surface area contributed by atoms with Gasteiger partial charge in [-0.2, -0.15) is 0 Å². The maximum absolute atomic E-state index is 12.3. The van der Waals surface area contributed by atoms with Crippen molar-refractivity contribution < 1.29 is 14.3 Å². The van der Waals surface area contributed by atoms with Gasteiger partial charge in [0.1, 0.15) is 11.5 Å². The highest BCUT2D eigenvalue weighted by molar-refractivity contribution is 5.91. The molecular weight excluding hydrogens is 552 g/mol. The SMILES string of the molecule is O=C(NCCCn1ccnc1)Nc1nc2ccc(Oc3ccc4nc(NC(=O)NCCCn5ccnc5)[nH]c4c3)cc2[nH]1. The predicted octanol–water partition coefficient (Wildman–Crippen LogP) is 4.05. The van der Waals surface area contributed by atoms with Gasteiger partial charge in [-0.3, -0.25) is 10.6 Å². The van der Waals surface area contributed by atoms with Crippen molar-refractivity contribution in [2.75, 3.05) is 23.7 Å². The van der Waals surface area contributed by atoms with E-state index in [0.717, 1.165) is 25.9 Å². The van der Waals surface area contributed by atoms with Crippen LogP contribution in [0, 0.1) is 0 Å². The molecule has 220 valence electrons. The lowest BCUT2D eigenvalue weighted by Crippen LogP contribution is -2.30. The summed E-state index contributed by atoms with van der Waals surface area (Å²) in [4.78, 5) is 47.6. The number of nitrogens with zero attached hydrogens (tertiary/aromatic N) is 6. The second-order valence-corrected chi connectivity index (χ2v) is 9.70. The van der Waals surface area contributed by atoms with E-state index in [9.17, 15) is 9.59 Å². The largest absolute Gasteiger partial charge is 0.457 e. The van der Waals surface area contributed by atoms with Crippen molar-refractivity contribution in [3.63, 3.8) is 0 Å². The third-order valence-corrected chi connectivity index (χ3v) is 6.48. The van der Waals surface area contributed by atoms with Crippen molar-refractivity contribution >= 4 is 46.0 Å². The Labute approximate surface area is 245 Å². The van der Waals surface area contributed by atoms with Crippen LogP contribution in [0.5, 0.6) is 11.5 Å². The highest BCUT2D eigenvalue weighted by Gasteiger charge is 2.10. The van der Waals surface area contributed by atoms with Crippen molar-refractivity contribution in [3.8, 4) is 11.5 Å². The number of aromatic amines is 2. The summed E-state index contributed by atoms with van der Waals surface area (Å²) in [5, 5.41) is 11.1. The summed E-state index contributed by atoms with van der Waals surface area (Å²) >= 11 is 0. The predicted molar refractivity (Wildman–Crippen MR) is 160 cm³/mol. The molecule has 6 rings (SSSR count). The Bertz CT molecular complexity index is 1680. The monoisotopic (exact) mass is 582 g/mol. The minimum atomic E-state index is -0.342. The van der Waals surface area contributed by atoms with Gasteiger partial charge in [0.2, 0.25) is 11.9 Å². The van der Waals surface area contributed by atoms with Gasteiger partial charge in [-0.05, 0) is 37.1 Å². The lowest BCUT2D eigenvalue weighted by molar-refractivity contribution is 0.251. The smallest absolute Gasteiger partial charge is 0.321 e. The number of urea groups is 2. The Morgan fingerprint density at radius 3 is 1.65 bits per heavy atom. The average Bonchev–Trinajstić information content (AvgIpc) is 3.80. The van der Waals surface area contributed by atoms with Gasteiger partial charge in [0, 0.05) is 63.1 Å². The van der Waals surface area contributed by atoms with Gasteiger partial charge >= 0.3 is 12.1 Å². The molecule has 0 bridgehead atoms. The fraction of sp³-hybridized carbons (Fsp3) is 0.214. The van der Waals surface area contributed by atoms with E-state index in [-0.39, 0.29) is 12.1 Å². The molecule has 0 fully saturated rings. The van der Waals surface area contributed by atoms with Gasteiger partial charge in [-0.25, -0.2) is 29.5 Å². The molecule has 0 atom stereocenters. The number of H-pyrrole nitrogens is 2. The number of anilines is 2.